The number of nitrogens with one attached hydrogen (secondary N) is 1. The number of fused-ring (bicyclic) bond motifs is 1. The first-order valence-electron chi connectivity index (χ1n) is 10.2. The summed E-state index contributed by atoms with van der Waals surface area (Å²) in [6.45, 7) is 1.95. The monoisotopic (exact) mass is 412 g/mol. The quantitative estimate of drug-likeness (QED) is 0.571. The standard InChI is InChI=1S/C21H24N4O5/c1-14-6-7-16-22-15(11-17(26)25(16)12-14)13-30-18(27)5-4-10-24-19(28)21(23-20(24)29)8-2-3-9-21/h6-7,11-12H,2-5,8-10,13H2,1H3,(H,23,29). The van der Waals surface area contributed by atoms with Crippen LogP contribution in [0.4, 0.5) is 4.79 Å². The van der Waals surface area contributed by atoms with Crippen LogP contribution in [-0.4, -0.2) is 44.3 Å². The van der Waals surface area contributed by atoms with Crippen LogP contribution in [-0.2, 0) is 20.9 Å². The van der Waals surface area contributed by atoms with E-state index in [9.17, 15) is 19.2 Å². The van der Waals surface area contributed by atoms with Gasteiger partial charge in [0.15, 0.2) is 0 Å². The van der Waals surface area contributed by atoms with E-state index < -0.39 is 11.5 Å². The van der Waals surface area contributed by atoms with Crippen molar-refractivity contribution in [3.63, 3.8) is 0 Å². The minimum absolute atomic E-state index is 0.0653. The summed E-state index contributed by atoms with van der Waals surface area (Å²) < 4.78 is 6.65. The summed E-state index contributed by atoms with van der Waals surface area (Å²) in [5.41, 5.74) is 0.822. The highest BCUT2D eigenvalue weighted by Gasteiger charge is 2.52. The van der Waals surface area contributed by atoms with E-state index in [2.05, 4.69) is 10.3 Å². The summed E-state index contributed by atoms with van der Waals surface area (Å²) in [6.07, 6.45) is 5.29. The van der Waals surface area contributed by atoms with Crippen molar-refractivity contribution < 1.29 is 19.1 Å². The topological polar surface area (TPSA) is 110 Å². The minimum Gasteiger partial charge on any atom is -0.459 e. The second-order valence-corrected chi connectivity index (χ2v) is 7.96. The molecule has 1 saturated carbocycles. The van der Waals surface area contributed by atoms with E-state index in [0.717, 1.165) is 18.4 Å². The van der Waals surface area contributed by atoms with Gasteiger partial charge in [-0.15, -0.1) is 0 Å². The van der Waals surface area contributed by atoms with Crippen LogP contribution in [0.1, 0.15) is 49.8 Å². The largest absolute Gasteiger partial charge is 0.459 e. The Hall–Kier alpha value is -3.23. The van der Waals surface area contributed by atoms with Crippen LogP contribution in [0.25, 0.3) is 5.65 Å². The van der Waals surface area contributed by atoms with E-state index in [4.69, 9.17) is 4.74 Å². The summed E-state index contributed by atoms with van der Waals surface area (Å²) in [4.78, 5) is 54.5. The molecule has 158 valence electrons. The van der Waals surface area contributed by atoms with E-state index in [1.807, 2.05) is 13.0 Å². The van der Waals surface area contributed by atoms with E-state index in [0.29, 0.717) is 30.6 Å². The molecule has 0 aromatic carbocycles. The third kappa shape index (κ3) is 3.79. The SMILES string of the molecule is Cc1ccc2nc(COC(=O)CCCN3C(=O)NC4(CCCC4)C3=O)cc(=O)n2c1. The fraction of sp³-hybridized carbons (Fsp3) is 0.476. The second kappa shape index (κ2) is 7.89. The number of nitrogens with zero attached hydrogens (tertiary/aromatic N) is 3. The molecular weight excluding hydrogens is 388 g/mol. The molecule has 1 aliphatic carbocycles. The zero-order valence-corrected chi connectivity index (χ0v) is 16.8. The first-order valence-corrected chi connectivity index (χ1v) is 10.2. The number of rotatable bonds is 6. The van der Waals surface area contributed by atoms with E-state index in [1.54, 1.807) is 12.3 Å². The first-order chi connectivity index (χ1) is 14.4. The molecule has 0 unspecified atom stereocenters. The predicted octanol–water partition coefficient (Wildman–Crippen LogP) is 1.69. The van der Waals surface area contributed by atoms with Crippen molar-refractivity contribution in [2.75, 3.05) is 6.54 Å². The average molecular weight is 412 g/mol. The Balaban J connectivity index is 1.28. The predicted molar refractivity (Wildman–Crippen MR) is 107 cm³/mol. The van der Waals surface area contributed by atoms with Crippen LogP contribution in [0, 0.1) is 6.92 Å². The molecule has 9 nitrogen and oxygen atoms in total. The molecule has 1 spiro atoms. The Morgan fingerprint density at radius 2 is 2.00 bits per heavy atom. The Bertz CT molecular complexity index is 1070. The molecular formula is C21H24N4O5. The van der Waals surface area contributed by atoms with Gasteiger partial charge in [-0.05, 0) is 37.8 Å². The summed E-state index contributed by atoms with van der Waals surface area (Å²) in [7, 11) is 0. The van der Waals surface area contributed by atoms with Gasteiger partial charge in [-0.1, -0.05) is 18.9 Å². The number of urea groups is 1. The minimum atomic E-state index is -0.730. The molecule has 2 aromatic rings. The molecule has 0 atom stereocenters. The molecule has 2 aromatic heterocycles. The summed E-state index contributed by atoms with van der Waals surface area (Å²) in [5.74, 6) is -0.655. The van der Waals surface area contributed by atoms with Gasteiger partial charge < -0.3 is 10.1 Å². The van der Waals surface area contributed by atoms with Crippen LogP contribution in [0.5, 0.6) is 0 Å². The Morgan fingerprint density at radius 1 is 1.23 bits per heavy atom. The third-order valence-electron chi connectivity index (χ3n) is 5.71. The summed E-state index contributed by atoms with van der Waals surface area (Å²) in [5, 5.41) is 2.82. The van der Waals surface area contributed by atoms with Gasteiger partial charge in [0.05, 0.1) is 5.69 Å². The van der Waals surface area contributed by atoms with Gasteiger partial charge in [0, 0.05) is 25.2 Å². The molecule has 1 aliphatic heterocycles. The number of hydrogen-bond donors (Lipinski definition) is 1. The highest BCUT2D eigenvalue weighted by molar-refractivity contribution is 6.07. The number of aryl methyl sites for hydroxylation is 1. The number of esters is 1. The van der Waals surface area contributed by atoms with Crippen LogP contribution >= 0.6 is 0 Å². The molecule has 3 heterocycles. The van der Waals surface area contributed by atoms with Gasteiger partial charge in [0.25, 0.3) is 11.5 Å². The number of pyridine rings is 1. The van der Waals surface area contributed by atoms with Crippen molar-refractivity contribution in [2.24, 2.45) is 0 Å². The molecule has 4 rings (SSSR count). The van der Waals surface area contributed by atoms with Gasteiger partial charge in [0.1, 0.15) is 17.8 Å². The Kier molecular flexibility index (Phi) is 5.27. The molecule has 2 fully saturated rings. The van der Waals surface area contributed by atoms with Crippen molar-refractivity contribution in [3.8, 4) is 0 Å². The zero-order valence-electron chi connectivity index (χ0n) is 16.8. The lowest BCUT2D eigenvalue weighted by molar-refractivity contribution is -0.145. The van der Waals surface area contributed by atoms with E-state index in [-0.39, 0.29) is 37.1 Å². The number of hydrogen-bond acceptors (Lipinski definition) is 6. The number of ether oxygens (including phenoxy) is 1. The van der Waals surface area contributed by atoms with Crippen molar-refractivity contribution in [1.29, 1.82) is 0 Å². The Morgan fingerprint density at radius 3 is 2.77 bits per heavy atom. The molecule has 3 amide bonds. The highest BCUT2D eigenvalue weighted by Crippen LogP contribution is 2.35. The maximum Gasteiger partial charge on any atom is 0.325 e. The van der Waals surface area contributed by atoms with Crippen LogP contribution < -0.4 is 10.9 Å². The van der Waals surface area contributed by atoms with Crippen molar-refractivity contribution in [1.82, 2.24) is 19.6 Å². The van der Waals surface area contributed by atoms with Crippen LogP contribution in [0.15, 0.2) is 29.2 Å². The van der Waals surface area contributed by atoms with E-state index in [1.165, 1.54) is 15.4 Å². The summed E-state index contributed by atoms with van der Waals surface area (Å²) in [6, 6.07) is 4.54. The molecule has 0 bridgehead atoms. The smallest absolute Gasteiger partial charge is 0.325 e. The van der Waals surface area contributed by atoms with E-state index >= 15 is 0 Å². The first kappa shape index (κ1) is 20.1. The fourth-order valence-electron chi connectivity index (χ4n) is 4.14. The zero-order chi connectivity index (χ0) is 21.3. The fourth-order valence-corrected chi connectivity index (χ4v) is 4.14. The van der Waals surface area contributed by atoms with Crippen molar-refractivity contribution >= 4 is 23.6 Å². The van der Waals surface area contributed by atoms with Crippen LogP contribution in [0.3, 0.4) is 0 Å². The van der Waals surface area contributed by atoms with Gasteiger partial charge in [-0.2, -0.15) is 0 Å². The summed E-state index contributed by atoms with van der Waals surface area (Å²) >= 11 is 0. The lowest BCUT2D eigenvalue weighted by Crippen LogP contribution is -2.44. The lowest BCUT2D eigenvalue weighted by Gasteiger charge is -2.19. The molecule has 9 heteroatoms. The maximum absolute atomic E-state index is 12.6. The highest BCUT2D eigenvalue weighted by atomic mass is 16.5. The molecule has 0 radical (unpaired) electrons. The average Bonchev–Trinajstić information content (AvgIpc) is 3.27. The Labute approximate surface area is 173 Å². The molecule has 1 N–H and O–H groups in total. The number of imide groups is 1. The van der Waals surface area contributed by atoms with Crippen molar-refractivity contribution in [3.05, 3.63) is 46.0 Å². The van der Waals surface area contributed by atoms with Gasteiger partial charge in [0.2, 0.25) is 0 Å². The van der Waals surface area contributed by atoms with Crippen molar-refractivity contribution in [2.45, 2.75) is 57.6 Å². The molecule has 2 aliphatic rings. The molecule has 30 heavy (non-hydrogen) atoms. The molecule has 1 saturated heterocycles. The third-order valence-corrected chi connectivity index (χ3v) is 5.71. The number of carbonyl (C=O) groups is 3. The number of carbonyl (C=O) groups excluding carboxylic acids is 3. The maximum atomic E-state index is 12.6. The van der Waals surface area contributed by atoms with Gasteiger partial charge in [-0.3, -0.25) is 23.7 Å². The van der Waals surface area contributed by atoms with Gasteiger partial charge in [-0.25, -0.2) is 9.78 Å². The van der Waals surface area contributed by atoms with Gasteiger partial charge >= 0.3 is 12.0 Å². The number of amides is 3. The normalized spacial score (nSPS) is 17.7. The second-order valence-electron chi connectivity index (χ2n) is 7.96. The van der Waals surface area contributed by atoms with Crippen LogP contribution in [0.2, 0.25) is 0 Å². The lowest BCUT2D eigenvalue weighted by atomic mass is 9.98. The number of aromatic nitrogens is 2.